The average Bonchev–Trinajstić information content (AvgIpc) is 2.62. The normalized spacial score (nSPS) is 11.2. The summed E-state index contributed by atoms with van der Waals surface area (Å²) in [6.45, 7) is 0. The van der Waals surface area contributed by atoms with Crippen molar-refractivity contribution >= 4 is 12.6 Å². The number of ether oxygens (including phenoxy) is 1. The fourth-order valence-electron chi connectivity index (χ4n) is 2.69. The van der Waals surface area contributed by atoms with Gasteiger partial charge >= 0.3 is 0 Å². The molecule has 0 atom stereocenters. The van der Waals surface area contributed by atoms with Crippen LogP contribution in [-0.2, 0) is 4.75 Å². The third kappa shape index (κ3) is 2.62. The molecule has 0 unspecified atom stereocenters. The van der Waals surface area contributed by atoms with Crippen LogP contribution in [0.2, 0.25) is 0 Å². The maximum atomic E-state index is 5.27. The van der Waals surface area contributed by atoms with E-state index in [1.54, 1.807) is 7.11 Å². The van der Waals surface area contributed by atoms with Crippen LogP contribution in [0.25, 0.3) is 0 Å². The van der Waals surface area contributed by atoms with Gasteiger partial charge in [-0.3, -0.25) is 0 Å². The lowest BCUT2D eigenvalue weighted by atomic mass is 9.84. The van der Waals surface area contributed by atoms with Crippen molar-refractivity contribution in [1.29, 1.82) is 0 Å². The van der Waals surface area contributed by atoms with Crippen LogP contribution in [-0.4, -0.2) is 7.11 Å². The summed E-state index contributed by atoms with van der Waals surface area (Å²) in [5.41, 5.74) is 3.42. The first-order valence-corrected chi connectivity index (χ1v) is 7.68. The van der Waals surface area contributed by atoms with E-state index in [1.165, 1.54) is 0 Å². The van der Waals surface area contributed by atoms with Crippen molar-refractivity contribution in [2.75, 3.05) is 7.11 Å². The fourth-order valence-corrected chi connectivity index (χ4v) is 3.14. The zero-order valence-electron chi connectivity index (χ0n) is 12.4. The van der Waals surface area contributed by atoms with Crippen LogP contribution in [0.15, 0.2) is 84.9 Å². The summed E-state index contributed by atoms with van der Waals surface area (Å²) in [6.07, 6.45) is 0. The fraction of sp³-hybridized carbons (Fsp3) is 0.100. The lowest BCUT2D eigenvalue weighted by Gasteiger charge is -2.30. The van der Waals surface area contributed by atoms with Crippen molar-refractivity contribution < 1.29 is 4.74 Å². The molecule has 0 aliphatic heterocycles. The van der Waals surface area contributed by atoms with Crippen LogP contribution in [0.3, 0.4) is 0 Å². The van der Waals surface area contributed by atoms with E-state index < -0.39 is 4.75 Å². The van der Waals surface area contributed by atoms with Crippen molar-refractivity contribution in [3.8, 4) is 5.75 Å². The highest BCUT2D eigenvalue weighted by molar-refractivity contribution is 7.81. The minimum Gasteiger partial charge on any atom is -0.497 e. The van der Waals surface area contributed by atoms with E-state index in [4.69, 9.17) is 17.4 Å². The van der Waals surface area contributed by atoms with Gasteiger partial charge in [0.15, 0.2) is 0 Å². The van der Waals surface area contributed by atoms with Gasteiger partial charge in [-0.25, -0.2) is 0 Å². The molecular formula is C20H18OS. The van der Waals surface area contributed by atoms with E-state index in [0.29, 0.717) is 0 Å². The van der Waals surface area contributed by atoms with Gasteiger partial charge in [0, 0.05) is 0 Å². The summed E-state index contributed by atoms with van der Waals surface area (Å²) in [4.78, 5) is 0. The summed E-state index contributed by atoms with van der Waals surface area (Å²) in [6, 6.07) is 28.8. The Morgan fingerprint density at radius 1 is 0.636 bits per heavy atom. The first-order chi connectivity index (χ1) is 10.7. The predicted molar refractivity (Wildman–Crippen MR) is 94.7 cm³/mol. The number of hydrogen-bond acceptors (Lipinski definition) is 2. The second kappa shape index (κ2) is 6.29. The molecule has 0 spiro atoms. The molecule has 0 saturated carbocycles. The van der Waals surface area contributed by atoms with Gasteiger partial charge in [0.05, 0.1) is 11.9 Å². The van der Waals surface area contributed by atoms with Crippen molar-refractivity contribution in [2.45, 2.75) is 4.75 Å². The first-order valence-electron chi connectivity index (χ1n) is 7.23. The van der Waals surface area contributed by atoms with E-state index in [1.807, 2.05) is 48.5 Å². The molecule has 3 rings (SSSR count). The van der Waals surface area contributed by atoms with Gasteiger partial charge in [0.25, 0.3) is 0 Å². The zero-order chi connectivity index (χ0) is 15.4. The summed E-state index contributed by atoms with van der Waals surface area (Å²) in [7, 11) is 1.68. The molecule has 2 heteroatoms. The molecule has 0 radical (unpaired) electrons. The van der Waals surface area contributed by atoms with Crippen molar-refractivity contribution in [2.24, 2.45) is 0 Å². The Morgan fingerprint density at radius 2 is 1.05 bits per heavy atom. The molecule has 0 heterocycles. The Morgan fingerprint density at radius 3 is 1.45 bits per heavy atom. The van der Waals surface area contributed by atoms with E-state index in [-0.39, 0.29) is 0 Å². The third-order valence-electron chi connectivity index (χ3n) is 3.89. The monoisotopic (exact) mass is 306 g/mol. The average molecular weight is 306 g/mol. The van der Waals surface area contributed by atoms with Crippen molar-refractivity contribution in [1.82, 2.24) is 0 Å². The molecule has 0 bridgehead atoms. The number of hydrogen-bond donors (Lipinski definition) is 1. The molecule has 3 aromatic rings. The topological polar surface area (TPSA) is 9.23 Å². The molecule has 0 aliphatic rings. The minimum atomic E-state index is -0.491. The standard InChI is InChI=1S/C20H18OS/c1-21-19-14-12-18(13-15-19)20(22,16-8-4-2-5-9-16)17-10-6-3-7-11-17/h2-15,22H,1H3. The maximum Gasteiger partial charge on any atom is 0.118 e. The Balaban J connectivity index is 2.18. The van der Waals surface area contributed by atoms with Crippen LogP contribution in [0, 0.1) is 0 Å². The number of thiol groups is 1. The molecular weight excluding hydrogens is 288 g/mol. The van der Waals surface area contributed by atoms with Gasteiger partial charge in [-0.2, -0.15) is 12.6 Å². The summed E-state index contributed by atoms with van der Waals surface area (Å²) >= 11 is 5.11. The molecule has 0 aliphatic carbocycles. The van der Waals surface area contributed by atoms with Gasteiger partial charge < -0.3 is 4.74 Å². The SMILES string of the molecule is COc1ccc(C(S)(c2ccccc2)c2ccccc2)cc1. The molecule has 0 N–H and O–H groups in total. The summed E-state index contributed by atoms with van der Waals surface area (Å²) in [5, 5.41) is 0. The summed E-state index contributed by atoms with van der Waals surface area (Å²) < 4.78 is 4.78. The Hall–Kier alpha value is -2.19. The molecule has 0 amide bonds. The van der Waals surface area contributed by atoms with Crippen LogP contribution in [0.4, 0.5) is 0 Å². The molecule has 0 aromatic heterocycles. The Bertz CT molecular complexity index is 681. The van der Waals surface area contributed by atoms with Crippen molar-refractivity contribution in [3.63, 3.8) is 0 Å². The second-order valence-electron chi connectivity index (χ2n) is 5.17. The predicted octanol–water partition coefficient (Wildman–Crippen LogP) is 4.92. The largest absolute Gasteiger partial charge is 0.497 e. The quantitative estimate of drug-likeness (QED) is 0.532. The first kappa shape index (κ1) is 14.7. The van der Waals surface area contributed by atoms with Gasteiger partial charge in [-0.1, -0.05) is 72.8 Å². The molecule has 1 nitrogen and oxygen atoms in total. The van der Waals surface area contributed by atoms with Crippen LogP contribution < -0.4 is 4.74 Å². The van der Waals surface area contributed by atoms with Gasteiger partial charge in [-0.15, -0.1) is 0 Å². The van der Waals surface area contributed by atoms with E-state index in [0.717, 1.165) is 22.4 Å². The highest BCUT2D eigenvalue weighted by atomic mass is 32.1. The molecule has 0 saturated heterocycles. The van der Waals surface area contributed by atoms with E-state index >= 15 is 0 Å². The molecule has 0 fully saturated rings. The van der Waals surface area contributed by atoms with Crippen molar-refractivity contribution in [3.05, 3.63) is 102 Å². The summed E-state index contributed by atoms with van der Waals surface area (Å²) in [5.74, 6) is 0.848. The number of rotatable bonds is 4. The van der Waals surface area contributed by atoms with Crippen LogP contribution in [0.1, 0.15) is 16.7 Å². The maximum absolute atomic E-state index is 5.27. The van der Waals surface area contributed by atoms with Crippen LogP contribution >= 0.6 is 12.6 Å². The van der Waals surface area contributed by atoms with E-state index in [9.17, 15) is 0 Å². The zero-order valence-corrected chi connectivity index (χ0v) is 13.3. The minimum absolute atomic E-state index is 0.491. The smallest absolute Gasteiger partial charge is 0.118 e. The Labute approximate surface area is 137 Å². The lowest BCUT2D eigenvalue weighted by Crippen LogP contribution is -2.22. The Kier molecular flexibility index (Phi) is 4.21. The third-order valence-corrected chi connectivity index (χ3v) is 4.67. The number of benzene rings is 3. The highest BCUT2D eigenvalue weighted by Gasteiger charge is 2.32. The van der Waals surface area contributed by atoms with Gasteiger partial charge in [-0.05, 0) is 28.8 Å². The lowest BCUT2D eigenvalue weighted by molar-refractivity contribution is 0.414. The van der Waals surface area contributed by atoms with Gasteiger partial charge in [0.2, 0.25) is 0 Å². The second-order valence-corrected chi connectivity index (χ2v) is 5.84. The van der Waals surface area contributed by atoms with Crippen LogP contribution in [0.5, 0.6) is 5.75 Å². The molecule has 3 aromatic carbocycles. The number of methoxy groups -OCH3 is 1. The molecule has 22 heavy (non-hydrogen) atoms. The van der Waals surface area contributed by atoms with Gasteiger partial charge in [0.1, 0.15) is 5.75 Å². The van der Waals surface area contributed by atoms with E-state index in [2.05, 4.69) is 36.4 Å². The highest BCUT2D eigenvalue weighted by Crippen LogP contribution is 2.42. The molecule has 110 valence electrons.